The Morgan fingerprint density at radius 3 is 2.36 bits per heavy atom. The van der Waals surface area contributed by atoms with Crippen molar-refractivity contribution < 1.29 is 19.0 Å². The van der Waals surface area contributed by atoms with E-state index in [1.165, 1.54) is 7.11 Å². The molecular weight excluding hydrogens is 184 g/mol. The summed E-state index contributed by atoms with van der Waals surface area (Å²) in [5.41, 5.74) is 0. The molecule has 0 spiro atoms. The van der Waals surface area contributed by atoms with E-state index in [1.807, 2.05) is 0 Å². The summed E-state index contributed by atoms with van der Waals surface area (Å²) in [7, 11) is 4.62. The van der Waals surface area contributed by atoms with Gasteiger partial charge in [-0.1, -0.05) is 6.42 Å². The molecule has 0 radical (unpaired) electrons. The van der Waals surface area contributed by atoms with Crippen LogP contribution in [-0.4, -0.2) is 33.6 Å². The Labute approximate surface area is 84.5 Å². The van der Waals surface area contributed by atoms with Crippen LogP contribution < -0.4 is 0 Å². The standard InChI is InChI=1S/C10H18O4/c1-12-9(11)7-5-4-6-8(7)10(13-2)14-3/h7-8,10H,4-6H2,1-3H3/t7-,8+/m0/s1. The van der Waals surface area contributed by atoms with E-state index >= 15 is 0 Å². The number of carbonyl (C=O) groups excluding carboxylic acids is 1. The van der Waals surface area contributed by atoms with E-state index in [4.69, 9.17) is 14.2 Å². The van der Waals surface area contributed by atoms with Crippen molar-refractivity contribution in [3.8, 4) is 0 Å². The number of hydrogen-bond acceptors (Lipinski definition) is 4. The van der Waals surface area contributed by atoms with Gasteiger partial charge in [0.05, 0.1) is 13.0 Å². The second-order valence-electron chi connectivity index (χ2n) is 3.56. The molecule has 0 aromatic heterocycles. The van der Waals surface area contributed by atoms with Crippen LogP contribution in [0.4, 0.5) is 0 Å². The van der Waals surface area contributed by atoms with Crippen molar-refractivity contribution in [3.05, 3.63) is 0 Å². The average Bonchev–Trinajstić information content (AvgIpc) is 2.68. The molecule has 0 amide bonds. The third-order valence-corrected chi connectivity index (χ3v) is 2.89. The van der Waals surface area contributed by atoms with Crippen LogP contribution in [0, 0.1) is 11.8 Å². The van der Waals surface area contributed by atoms with Gasteiger partial charge in [-0.25, -0.2) is 0 Å². The van der Waals surface area contributed by atoms with Gasteiger partial charge < -0.3 is 14.2 Å². The average molecular weight is 202 g/mol. The molecule has 1 saturated carbocycles. The van der Waals surface area contributed by atoms with Gasteiger partial charge in [-0.15, -0.1) is 0 Å². The van der Waals surface area contributed by atoms with Crippen molar-refractivity contribution >= 4 is 5.97 Å². The largest absolute Gasteiger partial charge is 0.469 e. The molecule has 0 aromatic rings. The van der Waals surface area contributed by atoms with Crippen molar-refractivity contribution in [2.24, 2.45) is 11.8 Å². The maximum Gasteiger partial charge on any atom is 0.309 e. The van der Waals surface area contributed by atoms with E-state index in [0.29, 0.717) is 0 Å². The zero-order valence-corrected chi connectivity index (χ0v) is 8.99. The van der Waals surface area contributed by atoms with Gasteiger partial charge in [0.25, 0.3) is 0 Å². The van der Waals surface area contributed by atoms with Crippen LogP contribution in [0.15, 0.2) is 0 Å². The highest BCUT2D eigenvalue weighted by molar-refractivity contribution is 5.73. The fourth-order valence-electron chi connectivity index (χ4n) is 2.20. The minimum Gasteiger partial charge on any atom is -0.469 e. The van der Waals surface area contributed by atoms with Crippen LogP contribution in [0.3, 0.4) is 0 Å². The van der Waals surface area contributed by atoms with Crippen molar-refractivity contribution in [2.75, 3.05) is 21.3 Å². The van der Waals surface area contributed by atoms with Gasteiger partial charge in [0.1, 0.15) is 0 Å². The number of esters is 1. The quantitative estimate of drug-likeness (QED) is 0.507. The summed E-state index contributed by atoms with van der Waals surface area (Å²) in [5, 5.41) is 0. The van der Waals surface area contributed by atoms with Gasteiger partial charge in [0.15, 0.2) is 6.29 Å². The molecule has 14 heavy (non-hydrogen) atoms. The first-order valence-electron chi connectivity index (χ1n) is 4.88. The second-order valence-corrected chi connectivity index (χ2v) is 3.56. The Bertz CT molecular complexity index is 189. The first-order valence-corrected chi connectivity index (χ1v) is 4.88. The zero-order chi connectivity index (χ0) is 10.6. The Morgan fingerprint density at radius 2 is 1.86 bits per heavy atom. The summed E-state index contributed by atoms with van der Waals surface area (Å²) < 4.78 is 15.1. The molecule has 0 saturated heterocycles. The SMILES string of the molecule is COC(=O)[C@H]1CCC[C@H]1C(OC)OC. The third kappa shape index (κ3) is 2.25. The molecule has 4 nitrogen and oxygen atoms in total. The molecule has 1 aliphatic carbocycles. The predicted octanol–water partition coefficient (Wildman–Crippen LogP) is 1.19. The lowest BCUT2D eigenvalue weighted by Crippen LogP contribution is -2.32. The van der Waals surface area contributed by atoms with E-state index in [0.717, 1.165) is 19.3 Å². The maximum atomic E-state index is 11.4. The fraction of sp³-hybridized carbons (Fsp3) is 0.900. The van der Waals surface area contributed by atoms with Gasteiger partial charge in [-0.2, -0.15) is 0 Å². The highest BCUT2D eigenvalue weighted by atomic mass is 16.7. The van der Waals surface area contributed by atoms with E-state index in [1.54, 1.807) is 14.2 Å². The van der Waals surface area contributed by atoms with Crippen LogP contribution in [-0.2, 0) is 19.0 Å². The molecular formula is C10H18O4. The lowest BCUT2D eigenvalue weighted by atomic mass is 9.95. The molecule has 4 heteroatoms. The van der Waals surface area contributed by atoms with Crippen LogP contribution >= 0.6 is 0 Å². The number of hydrogen-bond donors (Lipinski definition) is 0. The van der Waals surface area contributed by atoms with Gasteiger partial charge in [-0.3, -0.25) is 4.79 Å². The molecule has 0 heterocycles. The number of rotatable bonds is 4. The first kappa shape index (κ1) is 11.5. The predicted molar refractivity (Wildman–Crippen MR) is 50.7 cm³/mol. The molecule has 1 rings (SSSR count). The summed E-state index contributed by atoms with van der Waals surface area (Å²) in [5.74, 6) is -0.0750. The second kappa shape index (κ2) is 5.32. The lowest BCUT2D eigenvalue weighted by Gasteiger charge is -2.24. The monoisotopic (exact) mass is 202 g/mol. The molecule has 82 valence electrons. The van der Waals surface area contributed by atoms with Crippen molar-refractivity contribution in [1.82, 2.24) is 0 Å². The van der Waals surface area contributed by atoms with Crippen molar-refractivity contribution in [1.29, 1.82) is 0 Å². The highest BCUT2D eigenvalue weighted by Crippen LogP contribution is 2.36. The lowest BCUT2D eigenvalue weighted by molar-refractivity contribution is -0.165. The van der Waals surface area contributed by atoms with Crippen LogP contribution in [0.1, 0.15) is 19.3 Å². The van der Waals surface area contributed by atoms with Gasteiger partial charge in [-0.05, 0) is 12.8 Å². The number of methoxy groups -OCH3 is 3. The van der Waals surface area contributed by atoms with Crippen molar-refractivity contribution in [2.45, 2.75) is 25.6 Å². The normalized spacial score (nSPS) is 26.9. The van der Waals surface area contributed by atoms with E-state index < -0.39 is 0 Å². The summed E-state index contributed by atoms with van der Waals surface area (Å²) in [4.78, 5) is 11.4. The minimum atomic E-state index is -0.290. The van der Waals surface area contributed by atoms with Gasteiger partial charge in [0.2, 0.25) is 0 Å². The third-order valence-electron chi connectivity index (χ3n) is 2.89. The van der Waals surface area contributed by atoms with E-state index in [2.05, 4.69) is 0 Å². The highest BCUT2D eigenvalue weighted by Gasteiger charge is 2.39. The van der Waals surface area contributed by atoms with E-state index in [9.17, 15) is 4.79 Å². The maximum absolute atomic E-state index is 11.4. The molecule has 0 N–H and O–H groups in total. The molecule has 1 fully saturated rings. The summed E-state index contributed by atoms with van der Waals surface area (Å²) in [6, 6.07) is 0. The minimum absolute atomic E-state index is 0.0649. The van der Waals surface area contributed by atoms with Gasteiger partial charge >= 0.3 is 5.97 Å². The topological polar surface area (TPSA) is 44.8 Å². The fourth-order valence-corrected chi connectivity index (χ4v) is 2.20. The summed E-state index contributed by atoms with van der Waals surface area (Å²) >= 11 is 0. The molecule has 0 bridgehead atoms. The number of carbonyl (C=O) groups is 1. The van der Waals surface area contributed by atoms with Crippen LogP contribution in [0.25, 0.3) is 0 Å². The zero-order valence-electron chi connectivity index (χ0n) is 8.99. The van der Waals surface area contributed by atoms with Crippen molar-refractivity contribution in [3.63, 3.8) is 0 Å². The number of ether oxygens (including phenoxy) is 3. The smallest absolute Gasteiger partial charge is 0.309 e. The Balaban J connectivity index is 2.62. The van der Waals surface area contributed by atoms with Crippen LogP contribution in [0.2, 0.25) is 0 Å². The molecule has 0 aromatic carbocycles. The summed E-state index contributed by atoms with van der Waals surface area (Å²) in [6.07, 6.45) is 2.59. The summed E-state index contributed by atoms with van der Waals surface area (Å²) in [6.45, 7) is 0. The Hall–Kier alpha value is -0.610. The Kier molecular flexibility index (Phi) is 4.35. The van der Waals surface area contributed by atoms with Gasteiger partial charge in [0, 0.05) is 20.1 Å². The molecule has 1 aliphatic rings. The van der Waals surface area contributed by atoms with E-state index in [-0.39, 0.29) is 24.1 Å². The Morgan fingerprint density at radius 1 is 1.21 bits per heavy atom. The molecule has 2 atom stereocenters. The molecule has 0 aliphatic heterocycles. The first-order chi connectivity index (χ1) is 6.74. The van der Waals surface area contributed by atoms with Crippen LogP contribution in [0.5, 0.6) is 0 Å². The molecule has 0 unspecified atom stereocenters.